The molecule has 1 unspecified atom stereocenters. The molecule has 1 aromatic heterocycles. The zero-order chi connectivity index (χ0) is 21.2. The lowest BCUT2D eigenvalue weighted by molar-refractivity contribution is -0.114. The summed E-state index contributed by atoms with van der Waals surface area (Å²) >= 11 is 0. The van der Waals surface area contributed by atoms with Crippen molar-refractivity contribution < 1.29 is 4.79 Å². The van der Waals surface area contributed by atoms with Gasteiger partial charge in [-0.05, 0) is 29.8 Å². The van der Waals surface area contributed by atoms with E-state index in [1.807, 2.05) is 24.5 Å². The average Bonchev–Trinajstić information content (AvgIpc) is 3.28. The monoisotopic (exact) mass is 412 g/mol. The molecule has 0 radical (unpaired) electrons. The Bertz CT molecular complexity index is 1120. The van der Waals surface area contributed by atoms with Crippen LogP contribution in [0.2, 0.25) is 0 Å². The Balaban J connectivity index is 1.50. The van der Waals surface area contributed by atoms with Crippen molar-refractivity contribution in [1.29, 1.82) is 0 Å². The van der Waals surface area contributed by atoms with Crippen LogP contribution in [-0.2, 0) is 4.79 Å². The fraction of sp³-hybridized carbons (Fsp3) is 0.250. The molecule has 2 aliphatic heterocycles. The number of benzene rings is 1. The van der Waals surface area contributed by atoms with Crippen molar-refractivity contribution in [2.75, 3.05) is 29.9 Å². The predicted octanol–water partition coefficient (Wildman–Crippen LogP) is 3.48. The van der Waals surface area contributed by atoms with Gasteiger partial charge in [0.15, 0.2) is 0 Å². The number of nitrogens with one attached hydrogen (secondary N) is 1. The van der Waals surface area contributed by atoms with Gasteiger partial charge in [0.25, 0.3) is 0 Å². The predicted molar refractivity (Wildman–Crippen MR) is 122 cm³/mol. The van der Waals surface area contributed by atoms with Crippen molar-refractivity contribution in [3.8, 4) is 0 Å². The molecule has 3 aliphatic rings. The van der Waals surface area contributed by atoms with Crippen LogP contribution in [-0.4, -0.2) is 46.1 Å². The largest absolute Gasteiger partial charge is 0.370 e. The van der Waals surface area contributed by atoms with Gasteiger partial charge in [0.2, 0.25) is 5.91 Å². The molecule has 7 nitrogen and oxygen atoms in total. The van der Waals surface area contributed by atoms with Crippen LogP contribution in [0.25, 0.3) is 0 Å². The first-order valence-corrected chi connectivity index (χ1v) is 10.5. The van der Waals surface area contributed by atoms with Crippen LogP contribution < -0.4 is 10.2 Å². The Hall–Kier alpha value is -3.74. The summed E-state index contributed by atoms with van der Waals surface area (Å²) in [6, 6.07) is 8.15. The first kappa shape index (κ1) is 19.2. The van der Waals surface area contributed by atoms with Crippen molar-refractivity contribution in [3.05, 3.63) is 84.1 Å². The molecular formula is C24H24N6O. The van der Waals surface area contributed by atoms with E-state index >= 15 is 0 Å². The highest BCUT2D eigenvalue weighted by molar-refractivity contribution is 6.13. The lowest BCUT2D eigenvalue weighted by Crippen LogP contribution is -2.48. The molecule has 0 bridgehead atoms. The van der Waals surface area contributed by atoms with Crippen LogP contribution in [0.5, 0.6) is 0 Å². The first-order chi connectivity index (χ1) is 15.2. The second-order valence-electron chi connectivity index (χ2n) is 7.82. The number of fused-ring (bicyclic) bond motifs is 1. The van der Waals surface area contributed by atoms with E-state index in [1.165, 1.54) is 18.2 Å². The molecule has 1 amide bonds. The van der Waals surface area contributed by atoms with E-state index < -0.39 is 0 Å². The lowest BCUT2D eigenvalue weighted by atomic mass is 9.96. The fourth-order valence-electron chi connectivity index (χ4n) is 4.47. The van der Waals surface area contributed by atoms with E-state index in [0.717, 1.165) is 48.8 Å². The van der Waals surface area contributed by atoms with Crippen molar-refractivity contribution in [2.24, 2.45) is 4.99 Å². The SMILES string of the molecule is CC(=O)Nc1cccc(C2CN(C3=C4C=CN=C4C=CC3)CCN2c2cnccn2)c1. The molecule has 7 heteroatoms. The number of aromatic nitrogens is 2. The summed E-state index contributed by atoms with van der Waals surface area (Å²) in [6.07, 6.45) is 14.4. The number of nitrogens with zero attached hydrogens (tertiary/aromatic N) is 5. The molecule has 1 saturated heterocycles. The number of aliphatic imine (C=N–C) groups is 1. The molecule has 5 rings (SSSR count). The van der Waals surface area contributed by atoms with E-state index in [-0.39, 0.29) is 11.9 Å². The molecule has 156 valence electrons. The zero-order valence-corrected chi connectivity index (χ0v) is 17.4. The number of piperazine rings is 1. The van der Waals surface area contributed by atoms with Gasteiger partial charge in [-0.3, -0.25) is 14.8 Å². The molecule has 1 N–H and O–H groups in total. The number of amides is 1. The quantitative estimate of drug-likeness (QED) is 0.832. The van der Waals surface area contributed by atoms with Crippen LogP contribution in [0.1, 0.15) is 24.9 Å². The third kappa shape index (κ3) is 3.86. The van der Waals surface area contributed by atoms with Crippen LogP contribution in [0.15, 0.2) is 83.5 Å². The number of rotatable bonds is 4. The van der Waals surface area contributed by atoms with E-state index in [0.29, 0.717) is 0 Å². The number of hydrogen-bond acceptors (Lipinski definition) is 6. The molecule has 31 heavy (non-hydrogen) atoms. The van der Waals surface area contributed by atoms with Gasteiger partial charge in [0, 0.05) is 68.5 Å². The maximum absolute atomic E-state index is 11.6. The van der Waals surface area contributed by atoms with E-state index in [1.54, 1.807) is 12.4 Å². The Morgan fingerprint density at radius 1 is 1.19 bits per heavy atom. The maximum Gasteiger partial charge on any atom is 0.221 e. The van der Waals surface area contributed by atoms with E-state index in [2.05, 4.69) is 60.4 Å². The van der Waals surface area contributed by atoms with E-state index in [9.17, 15) is 4.79 Å². The molecule has 1 aromatic carbocycles. The zero-order valence-electron chi connectivity index (χ0n) is 17.4. The molecule has 1 aliphatic carbocycles. The van der Waals surface area contributed by atoms with Gasteiger partial charge in [-0.2, -0.15) is 0 Å². The molecule has 2 aromatic rings. The summed E-state index contributed by atoms with van der Waals surface area (Å²) in [5.41, 5.74) is 5.52. The highest BCUT2D eigenvalue weighted by Crippen LogP contribution is 2.34. The van der Waals surface area contributed by atoms with Crippen molar-refractivity contribution in [3.63, 3.8) is 0 Å². The molecule has 0 spiro atoms. The summed E-state index contributed by atoms with van der Waals surface area (Å²) in [7, 11) is 0. The smallest absolute Gasteiger partial charge is 0.221 e. The second-order valence-corrected chi connectivity index (χ2v) is 7.82. The Morgan fingerprint density at radius 2 is 2.13 bits per heavy atom. The molecule has 3 heterocycles. The number of carbonyl (C=O) groups is 1. The summed E-state index contributed by atoms with van der Waals surface area (Å²) in [5.74, 6) is 0.787. The summed E-state index contributed by atoms with van der Waals surface area (Å²) < 4.78 is 0. The average molecular weight is 412 g/mol. The second kappa shape index (κ2) is 8.18. The molecule has 1 atom stereocenters. The maximum atomic E-state index is 11.6. The van der Waals surface area contributed by atoms with Crippen LogP contribution in [0.3, 0.4) is 0 Å². The van der Waals surface area contributed by atoms with Crippen LogP contribution in [0.4, 0.5) is 11.5 Å². The minimum atomic E-state index is -0.0750. The standard InChI is InChI=1S/C24H24N6O/c1-17(31)28-19-5-2-4-18(14-19)23-16-29(12-13-30(23)24-15-25-10-11-27-24)22-7-3-6-21-20(22)8-9-26-21/h2-6,8-11,14-15,23H,7,12-13,16H2,1H3,(H,28,31). The number of anilines is 2. The topological polar surface area (TPSA) is 73.7 Å². The summed E-state index contributed by atoms with van der Waals surface area (Å²) in [5, 5.41) is 2.90. The van der Waals surface area contributed by atoms with Gasteiger partial charge in [-0.25, -0.2) is 4.98 Å². The Morgan fingerprint density at radius 3 is 2.97 bits per heavy atom. The minimum absolute atomic E-state index is 0.0731. The third-order valence-electron chi connectivity index (χ3n) is 5.83. The van der Waals surface area contributed by atoms with Crippen LogP contribution >= 0.6 is 0 Å². The normalized spacial score (nSPS) is 20.0. The van der Waals surface area contributed by atoms with Gasteiger partial charge in [-0.1, -0.05) is 18.2 Å². The lowest BCUT2D eigenvalue weighted by Gasteiger charge is -2.44. The van der Waals surface area contributed by atoms with Gasteiger partial charge in [0.1, 0.15) is 5.82 Å². The van der Waals surface area contributed by atoms with Crippen molar-refractivity contribution in [1.82, 2.24) is 14.9 Å². The van der Waals surface area contributed by atoms with Crippen LogP contribution in [0, 0.1) is 0 Å². The third-order valence-corrected chi connectivity index (χ3v) is 5.83. The number of carbonyl (C=O) groups excluding carboxylic acids is 1. The fourth-order valence-corrected chi connectivity index (χ4v) is 4.47. The highest BCUT2D eigenvalue weighted by atomic mass is 16.1. The van der Waals surface area contributed by atoms with Gasteiger partial charge >= 0.3 is 0 Å². The minimum Gasteiger partial charge on any atom is -0.370 e. The summed E-state index contributed by atoms with van der Waals surface area (Å²) in [6.45, 7) is 4.06. The summed E-state index contributed by atoms with van der Waals surface area (Å²) in [4.78, 5) is 29.7. The molecular weight excluding hydrogens is 388 g/mol. The van der Waals surface area contributed by atoms with Gasteiger partial charge < -0.3 is 15.1 Å². The van der Waals surface area contributed by atoms with Gasteiger partial charge in [-0.15, -0.1) is 0 Å². The number of allylic oxidation sites excluding steroid dienone is 4. The van der Waals surface area contributed by atoms with Crippen molar-refractivity contribution >= 4 is 23.1 Å². The first-order valence-electron chi connectivity index (χ1n) is 10.5. The van der Waals surface area contributed by atoms with E-state index in [4.69, 9.17) is 0 Å². The highest BCUT2D eigenvalue weighted by Gasteiger charge is 2.32. The Labute approximate surface area is 181 Å². The van der Waals surface area contributed by atoms with Gasteiger partial charge in [0.05, 0.1) is 18.0 Å². The number of hydrogen-bond donors (Lipinski definition) is 1. The Kier molecular flexibility index (Phi) is 5.08. The molecule has 0 saturated carbocycles. The van der Waals surface area contributed by atoms with Crippen molar-refractivity contribution in [2.45, 2.75) is 19.4 Å². The molecule has 1 fully saturated rings.